The van der Waals surface area contributed by atoms with Crippen LogP contribution in [0.4, 0.5) is 10.1 Å². The van der Waals surface area contributed by atoms with E-state index in [1.807, 2.05) is 6.92 Å². The maximum atomic E-state index is 13.6. The number of nitrogens with zero attached hydrogens (tertiary/aromatic N) is 1. The zero-order valence-corrected chi connectivity index (χ0v) is 11.3. The third-order valence-corrected chi connectivity index (χ3v) is 5.45. The summed E-state index contributed by atoms with van der Waals surface area (Å²) in [7, 11) is -3.64. The molecule has 0 bridgehead atoms. The number of nitrogens with two attached hydrogens (primary N) is 1. The molecule has 1 aliphatic heterocycles. The number of hydrogen-bond donors (Lipinski definition) is 1. The second-order valence-corrected chi connectivity index (χ2v) is 6.62. The molecule has 6 heteroatoms. The van der Waals surface area contributed by atoms with Crippen LogP contribution in [-0.4, -0.2) is 25.3 Å². The summed E-state index contributed by atoms with van der Waals surface area (Å²) < 4.78 is 39.7. The van der Waals surface area contributed by atoms with E-state index in [2.05, 4.69) is 0 Å². The van der Waals surface area contributed by atoms with Crippen molar-refractivity contribution in [1.29, 1.82) is 0 Å². The van der Waals surface area contributed by atoms with E-state index >= 15 is 0 Å². The van der Waals surface area contributed by atoms with E-state index in [0.717, 1.165) is 18.9 Å². The molecule has 2 N–H and O–H groups in total. The number of rotatable bonds is 2. The van der Waals surface area contributed by atoms with Gasteiger partial charge in [0.2, 0.25) is 10.0 Å². The average Bonchev–Trinajstić information content (AvgIpc) is 2.72. The summed E-state index contributed by atoms with van der Waals surface area (Å²) >= 11 is 0. The molecular weight excluding hydrogens is 255 g/mol. The number of anilines is 1. The topological polar surface area (TPSA) is 63.4 Å². The van der Waals surface area contributed by atoms with Crippen molar-refractivity contribution in [2.24, 2.45) is 0 Å². The number of halogens is 1. The Morgan fingerprint density at radius 2 is 2.11 bits per heavy atom. The second kappa shape index (κ2) is 4.51. The molecular formula is C12H17FN2O2S. The van der Waals surface area contributed by atoms with Crippen molar-refractivity contribution in [1.82, 2.24) is 4.31 Å². The van der Waals surface area contributed by atoms with Gasteiger partial charge in [-0.15, -0.1) is 0 Å². The van der Waals surface area contributed by atoms with Crippen LogP contribution in [0, 0.1) is 12.7 Å². The molecule has 0 spiro atoms. The molecule has 18 heavy (non-hydrogen) atoms. The van der Waals surface area contributed by atoms with E-state index in [1.165, 1.54) is 17.3 Å². The van der Waals surface area contributed by atoms with Crippen LogP contribution in [0.25, 0.3) is 0 Å². The highest BCUT2D eigenvalue weighted by molar-refractivity contribution is 7.89. The monoisotopic (exact) mass is 272 g/mol. The molecule has 0 saturated carbocycles. The summed E-state index contributed by atoms with van der Waals surface area (Å²) in [6, 6.07) is 2.34. The van der Waals surface area contributed by atoms with Gasteiger partial charge in [-0.1, -0.05) is 0 Å². The van der Waals surface area contributed by atoms with Crippen LogP contribution in [0.1, 0.15) is 25.3 Å². The minimum atomic E-state index is -3.64. The van der Waals surface area contributed by atoms with Crippen LogP contribution in [0.3, 0.4) is 0 Å². The molecule has 100 valence electrons. The first kappa shape index (κ1) is 13.3. The summed E-state index contributed by atoms with van der Waals surface area (Å²) in [5, 5.41) is 0. The van der Waals surface area contributed by atoms with Crippen LogP contribution in [0.15, 0.2) is 17.0 Å². The van der Waals surface area contributed by atoms with Gasteiger partial charge in [-0.05, 0) is 38.8 Å². The lowest BCUT2D eigenvalue weighted by atomic mass is 10.2. The number of sulfonamides is 1. The zero-order valence-electron chi connectivity index (χ0n) is 10.5. The van der Waals surface area contributed by atoms with Crippen molar-refractivity contribution in [2.45, 2.75) is 37.6 Å². The maximum Gasteiger partial charge on any atom is 0.243 e. The Kier molecular flexibility index (Phi) is 3.33. The minimum absolute atomic E-state index is 0.0411. The number of hydrogen-bond acceptors (Lipinski definition) is 3. The van der Waals surface area contributed by atoms with Gasteiger partial charge in [-0.2, -0.15) is 4.31 Å². The van der Waals surface area contributed by atoms with Crippen molar-refractivity contribution >= 4 is 15.7 Å². The Morgan fingerprint density at radius 1 is 1.44 bits per heavy atom. The highest BCUT2D eigenvalue weighted by Gasteiger charge is 2.33. The van der Waals surface area contributed by atoms with Gasteiger partial charge in [-0.3, -0.25) is 0 Å². The molecule has 1 fully saturated rings. The molecule has 1 saturated heterocycles. The molecule has 1 atom stereocenters. The predicted octanol–water partition coefficient (Wildman–Crippen LogP) is 1.89. The van der Waals surface area contributed by atoms with Crippen LogP contribution in [0.2, 0.25) is 0 Å². The minimum Gasteiger partial charge on any atom is -0.398 e. The third kappa shape index (κ3) is 2.10. The Hall–Kier alpha value is -1.14. The van der Waals surface area contributed by atoms with Crippen molar-refractivity contribution in [3.05, 3.63) is 23.5 Å². The molecule has 1 aliphatic rings. The molecule has 1 heterocycles. The van der Waals surface area contributed by atoms with Gasteiger partial charge in [0.05, 0.1) is 4.90 Å². The lowest BCUT2D eigenvalue weighted by Crippen LogP contribution is -2.33. The standard InChI is InChI=1S/C12H17FN2O2S/c1-8-4-3-5-15(8)18(16,17)10-6-11(13)9(2)12(14)7-10/h6-8H,3-5,14H2,1-2H3. The molecule has 0 radical (unpaired) electrons. The predicted molar refractivity (Wildman–Crippen MR) is 68.1 cm³/mol. The molecule has 0 amide bonds. The Bertz CT molecular complexity index is 548. The molecule has 0 aromatic heterocycles. The summed E-state index contributed by atoms with van der Waals surface area (Å²) in [5.74, 6) is -0.583. The van der Waals surface area contributed by atoms with Gasteiger partial charge in [0, 0.05) is 23.8 Å². The molecule has 1 aromatic rings. The van der Waals surface area contributed by atoms with Gasteiger partial charge in [-0.25, -0.2) is 12.8 Å². The Labute approximate surface area is 107 Å². The normalized spacial score (nSPS) is 21.4. The quantitative estimate of drug-likeness (QED) is 0.836. The van der Waals surface area contributed by atoms with Crippen LogP contribution >= 0.6 is 0 Å². The van der Waals surface area contributed by atoms with Gasteiger partial charge in [0.25, 0.3) is 0 Å². The highest BCUT2D eigenvalue weighted by Crippen LogP contribution is 2.28. The first-order valence-electron chi connectivity index (χ1n) is 5.91. The molecule has 4 nitrogen and oxygen atoms in total. The van der Waals surface area contributed by atoms with E-state index < -0.39 is 15.8 Å². The van der Waals surface area contributed by atoms with E-state index in [9.17, 15) is 12.8 Å². The summed E-state index contributed by atoms with van der Waals surface area (Å²) in [4.78, 5) is -0.0585. The van der Waals surface area contributed by atoms with Gasteiger partial charge >= 0.3 is 0 Å². The Balaban J connectivity index is 2.48. The van der Waals surface area contributed by atoms with Crippen LogP contribution < -0.4 is 5.73 Å². The van der Waals surface area contributed by atoms with Crippen LogP contribution in [0.5, 0.6) is 0 Å². The molecule has 2 rings (SSSR count). The zero-order chi connectivity index (χ0) is 13.5. The fourth-order valence-electron chi connectivity index (χ4n) is 2.22. The molecule has 1 unspecified atom stereocenters. The lowest BCUT2D eigenvalue weighted by Gasteiger charge is -2.21. The summed E-state index contributed by atoms with van der Waals surface area (Å²) in [6.07, 6.45) is 1.67. The summed E-state index contributed by atoms with van der Waals surface area (Å²) in [5.41, 5.74) is 6.08. The van der Waals surface area contributed by atoms with E-state index in [1.54, 1.807) is 0 Å². The van der Waals surface area contributed by atoms with Crippen LogP contribution in [-0.2, 0) is 10.0 Å². The maximum absolute atomic E-state index is 13.6. The fourth-order valence-corrected chi connectivity index (χ4v) is 3.97. The SMILES string of the molecule is Cc1c(N)cc(S(=O)(=O)N2CCCC2C)cc1F. The molecule has 1 aromatic carbocycles. The van der Waals surface area contributed by atoms with Gasteiger partial charge < -0.3 is 5.73 Å². The summed E-state index contributed by atoms with van der Waals surface area (Å²) in [6.45, 7) is 3.87. The highest BCUT2D eigenvalue weighted by atomic mass is 32.2. The largest absolute Gasteiger partial charge is 0.398 e. The lowest BCUT2D eigenvalue weighted by molar-refractivity contribution is 0.408. The first-order chi connectivity index (χ1) is 8.34. The van der Waals surface area contributed by atoms with Crippen molar-refractivity contribution in [3.63, 3.8) is 0 Å². The van der Waals surface area contributed by atoms with Crippen molar-refractivity contribution in [2.75, 3.05) is 12.3 Å². The second-order valence-electron chi connectivity index (χ2n) is 4.73. The van der Waals surface area contributed by atoms with E-state index in [4.69, 9.17) is 5.73 Å². The number of benzene rings is 1. The van der Waals surface area contributed by atoms with E-state index in [-0.39, 0.29) is 22.2 Å². The smallest absolute Gasteiger partial charge is 0.243 e. The third-order valence-electron chi connectivity index (χ3n) is 3.46. The Morgan fingerprint density at radius 3 is 2.61 bits per heavy atom. The van der Waals surface area contributed by atoms with E-state index in [0.29, 0.717) is 6.54 Å². The number of nitrogen functional groups attached to an aromatic ring is 1. The first-order valence-corrected chi connectivity index (χ1v) is 7.35. The van der Waals surface area contributed by atoms with Crippen molar-refractivity contribution in [3.8, 4) is 0 Å². The van der Waals surface area contributed by atoms with Gasteiger partial charge in [0.15, 0.2) is 0 Å². The van der Waals surface area contributed by atoms with Crippen molar-refractivity contribution < 1.29 is 12.8 Å². The fraction of sp³-hybridized carbons (Fsp3) is 0.500. The molecule has 0 aliphatic carbocycles. The average molecular weight is 272 g/mol. The van der Waals surface area contributed by atoms with Gasteiger partial charge in [0.1, 0.15) is 5.82 Å².